The molecule has 0 aliphatic heterocycles. The highest BCUT2D eigenvalue weighted by atomic mass is 16.5. The summed E-state index contributed by atoms with van der Waals surface area (Å²) in [5.41, 5.74) is 2.88. The lowest BCUT2D eigenvalue weighted by atomic mass is 9.97. The standard InChI is InChI=1S/C18H29NO2/c1-4-12-19-18-16-10-6-5-8-15(16)9-7-11-17(18)21-14(2)13-20-3/h5-6,8,10,14,17-19H,4,7,9,11-13H2,1-3H3. The monoisotopic (exact) mass is 291 g/mol. The topological polar surface area (TPSA) is 30.5 Å². The maximum absolute atomic E-state index is 6.29. The predicted molar refractivity (Wildman–Crippen MR) is 86.6 cm³/mol. The lowest BCUT2D eigenvalue weighted by molar-refractivity contribution is -0.0566. The Balaban J connectivity index is 2.17. The van der Waals surface area contributed by atoms with Crippen LogP contribution in [0.5, 0.6) is 0 Å². The molecule has 3 atom stereocenters. The van der Waals surface area contributed by atoms with E-state index < -0.39 is 0 Å². The Morgan fingerprint density at radius 1 is 1.33 bits per heavy atom. The summed E-state index contributed by atoms with van der Waals surface area (Å²) >= 11 is 0. The van der Waals surface area contributed by atoms with Crippen LogP contribution < -0.4 is 5.32 Å². The number of hydrogen-bond donors (Lipinski definition) is 1. The van der Waals surface area contributed by atoms with E-state index in [0.717, 1.165) is 25.8 Å². The van der Waals surface area contributed by atoms with Crippen molar-refractivity contribution in [2.45, 2.75) is 57.8 Å². The number of benzene rings is 1. The van der Waals surface area contributed by atoms with E-state index in [1.165, 1.54) is 17.5 Å². The number of rotatable bonds is 7. The molecular weight excluding hydrogens is 262 g/mol. The molecule has 0 saturated heterocycles. The van der Waals surface area contributed by atoms with E-state index >= 15 is 0 Å². The van der Waals surface area contributed by atoms with E-state index in [2.05, 4.69) is 43.4 Å². The molecule has 0 aromatic heterocycles. The quantitative estimate of drug-likeness (QED) is 0.780. The zero-order valence-electron chi connectivity index (χ0n) is 13.6. The van der Waals surface area contributed by atoms with Gasteiger partial charge in [-0.25, -0.2) is 0 Å². The molecule has 3 unspecified atom stereocenters. The highest BCUT2D eigenvalue weighted by molar-refractivity contribution is 5.32. The Hall–Kier alpha value is -0.900. The number of aryl methyl sites for hydroxylation is 1. The van der Waals surface area contributed by atoms with E-state index in [4.69, 9.17) is 9.47 Å². The van der Waals surface area contributed by atoms with Gasteiger partial charge < -0.3 is 14.8 Å². The van der Waals surface area contributed by atoms with E-state index in [9.17, 15) is 0 Å². The second-order valence-corrected chi connectivity index (χ2v) is 5.96. The summed E-state index contributed by atoms with van der Waals surface area (Å²) in [6.07, 6.45) is 4.94. The average Bonchev–Trinajstić information content (AvgIpc) is 2.65. The molecule has 3 heteroatoms. The highest BCUT2D eigenvalue weighted by Crippen LogP contribution is 2.31. The van der Waals surface area contributed by atoms with Crippen molar-refractivity contribution in [1.82, 2.24) is 5.32 Å². The molecule has 0 radical (unpaired) electrons. The number of fused-ring (bicyclic) bond motifs is 1. The Bertz CT molecular complexity index is 421. The normalized spacial score (nSPS) is 23.4. The summed E-state index contributed by atoms with van der Waals surface area (Å²) < 4.78 is 11.5. The van der Waals surface area contributed by atoms with Gasteiger partial charge in [-0.1, -0.05) is 31.2 Å². The number of nitrogens with one attached hydrogen (secondary N) is 1. The smallest absolute Gasteiger partial charge is 0.0785 e. The molecule has 0 spiro atoms. The van der Waals surface area contributed by atoms with Crippen LogP contribution >= 0.6 is 0 Å². The summed E-state index contributed by atoms with van der Waals surface area (Å²) in [6, 6.07) is 9.09. The second kappa shape index (κ2) is 8.52. The molecule has 0 saturated carbocycles. The zero-order chi connectivity index (χ0) is 15.1. The van der Waals surface area contributed by atoms with Gasteiger partial charge in [0.05, 0.1) is 24.9 Å². The fourth-order valence-corrected chi connectivity index (χ4v) is 3.19. The molecule has 2 rings (SSSR count). The maximum atomic E-state index is 6.29. The van der Waals surface area contributed by atoms with Crippen molar-refractivity contribution >= 4 is 0 Å². The molecule has 0 amide bonds. The lowest BCUT2D eigenvalue weighted by Gasteiger charge is -2.30. The van der Waals surface area contributed by atoms with Gasteiger partial charge in [0.1, 0.15) is 0 Å². The van der Waals surface area contributed by atoms with Crippen LogP contribution in [0.4, 0.5) is 0 Å². The maximum Gasteiger partial charge on any atom is 0.0785 e. The average molecular weight is 291 g/mol. The molecule has 118 valence electrons. The molecule has 1 N–H and O–H groups in total. The van der Waals surface area contributed by atoms with Crippen molar-refractivity contribution in [3.63, 3.8) is 0 Å². The minimum absolute atomic E-state index is 0.135. The summed E-state index contributed by atoms with van der Waals surface area (Å²) in [6.45, 7) is 5.98. The van der Waals surface area contributed by atoms with Crippen LogP contribution in [0.1, 0.15) is 50.3 Å². The van der Waals surface area contributed by atoms with Gasteiger partial charge >= 0.3 is 0 Å². The Kier molecular flexibility index (Phi) is 6.68. The highest BCUT2D eigenvalue weighted by Gasteiger charge is 2.29. The van der Waals surface area contributed by atoms with E-state index in [-0.39, 0.29) is 12.2 Å². The van der Waals surface area contributed by atoms with Crippen LogP contribution in [-0.2, 0) is 15.9 Å². The molecular formula is C18H29NO2. The van der Waals surface area contributed by atoms with E-state index in [1.807, 2.05) is 0 Å². The van der Waals surface area contributed by atoms with Gasteiger partial charge in [0, 0.05) is 7.11 Å². The minimum Gasteiger partial charge on any atom is -0.382 e. The fourth-order valence-electron chi connectivity index (χ4n) is 3.19. The molecule has 0 bridgehead atoms. The van der Waals surface area contributed by atoms with Gasteiger partial charge in [0.2, 0.25) is 0 Å². The third-order valence-corrected chi connectivity index (χ3v) is 4.12. The molecule has 21 heavy (non-hydrogen) atoms. The third-order valence-electron chi connectivity index (χ3n) is 4.12. The lowest BCUT2D eigenvalue weighted by Crippen LogP contribution is -2.36. The molecule has 1 aromatic carbocycles. The summed E-state index contributed by atoms with van der Waals surface area (Å²) in [5.74, 6) is 0. The van der Waals surface area contributed by atoms with Crippen molar-refractivity contribution in [1.29, 1.82) is 0 Å². The Morgan fingerprint density at radius 2 is 2.14 bits per heavy atom. The molecule has 3 nitrogen and oxygen atoms in total. The summed E-state index contributed by atoms with van der Waals surface area (Å²) in [4.78, 5) is 0. The number of methoxy groups -OCH3 is 1. The largest absolute Gasteiger partial charge is 0.382 e. The van der Waals surface area contributed by atoms with Gasteiger partial charge in [-0.15, -0.1) is 0 Å². The van der Waals surface area contributed by atoms with Crippen molar-refractivity contribution < 1.29 is 9.47 Å². The van der Waals surface area contributed by atoms with Crippen LogP contribution in [0.3, 0.4) is 0 Å². The minimum atomic E-state index is 0.135. The molecule has 1 aliphatic carbocycles. The van der Waals surface area contributed by atoms with Crippen molar-refractivity contribution in [2.75, 3.05) is 20.3 Å². The van der Waals surface area contributed by atoms with Gasteiger partial charge in [-0.2, -0.15) is 0 Å². The Labute approximate surface area is 129 Å². The summed E-state index contributed by atoms with van der Waals surface area (Å²) in [7, 11) is 1.73. The van der Waals surface area contributed by atoms with Crippen molar-refractivity contribution in [3.8, 4) is 0 Å². The molecule has 1 aromatic rings. The summed E-state index contributed by atoms with van der Waals surface area (Å²) in [5, 5.41) is 3.70. The van der Waals surface area contributed by atoms with Gasteiger partial charge in [-0.3, -0.25) is 0 Å². The first-order chi connectivity index (χ1) is 10.3. The second-order valence-electron chi connectivity index (χ2n) is 5.96. The van der Waals surface area contributed by atoms with Gasteiger partial charge in [0.25, 0.3) is 0 Å². The number of hydrogen-bond acceptors (Lipinski definition) is 3. The van der Waals surface area contributed by atoms with Crippen molar-refractivity contribution in [2.24, 2.45) is 0 Å². The van der Waals surface area contributed by atoms with Crippen molar-refractivity contribution in [3.05, 3.63) is 35.4 Å². The van der Waals surface area contributed by atoms with Crippen LogP contribution in [0.2, 0.25) is 0 Å². The SMILES string of the molecule is CCCNC1c2ccccc2CCCC1OC(C)COC. The molecule has 1 aliphatic rings. The first-order valence-electron chi connectivity index (χ1n) is 8.21. The van der Waals surface area contributed by atoms with Crippen LogP contribution in [-0.4, -0.2) is 32.5 Å². The first-order valence-corrected chi connectivity index (χ1v) is 8.21. The predicted octanol–water partition coefficient (Wildman–Crippen LogP) is 3.48. The zero-order valence-corrected chi connectivity index (χ0v) is 13.6. The van der Waals surface area contributed by atoms with Gasteiger partial charge in [-0.05, 0) is 50.3 Å². The van der Waals surface area contributed by atoms with Crippen LogP contribution in [0.15, 0.2) is 24.3 Å². The third kappa shape index (κ3) is 4.53. The van der Waals surface area contributed by atoms with E-state index in [1.54, 1.807) is 7.11 Å². The Morgan fingerprint density at radius 3 is 2.90 bits per heavy atom. The first kappa shape index (κ1) is 16.5. The van der Waals surface area contributed by atoms with E-state index in [0.29, 0.717) is 12.6 Å². The number of ether oxygens (including phenoxy) is 2. The molecule has 0 heterocycles. The van der Waals surface area contributed by atoms with Crippen LogP contribution in [0, 0.1) is 0 Å². The molecule has 0 fully saturated rings. The van der Waals surface area contributed by atoms with Gasteiger partial charge in [0.15, 0.2) is 0 Å². The fraction of sp³-hybridized carbons (Fsp3) is 0.667. The van der Waals surface area contributed by atoms with Crippen LogP contribution in [0.25, 0.3) is 0 Å².